The van der Waals surface area contributed by atoms with E-state index in [-0.39, 0.29) is 11.5 Å². The van der Waals surface area contributed by atoms with Gasteiger partial charge in [-0.3, -0.25) is 14.9 Å². The third kappa shape index (κ3) is 2.41. The molecule has 0 aromatic heterocycles. The van der Waals surface area contributed by atoms with E-state index in [1.165, 1.54) is 0 Å². The molecule has 3 rings (SSSR count). The van der Waals surface area contributed by atoms with Crippen LogP contribution in [0.25, 0.3) is 0 Å². The van der Waals surface area contributed by atoms with Crippen LogP contribution in [0, 0.1) is 0 Å². The van der Waals surface area contributed by atoms with Crippen molar-refractivity contribution in [3.63, 3.8) is 0 Å². The third-order valence-electron chi connectivity index (χ3n) is 4.20. The molecule has 0 saturated carbocycles. The summed E-state index contributed by atoms with van der Waals surface area (Å²) in [4.78, 5) is 22.0. The number of hydrogen-bond acceptors (Lipinski definition) is 4. The Hall–Kier alpha value is -1.88. The molecule has 2 amide bonds. The van der Waals surface area contributed by atoms with Gasteiger partial charge in [-0.25, -0.2) is 0 Å². The Morgan fingerprint density at radius 1 is 1.30 bits per heavy atom. The maximum Gasteiger partial charge on any atom is 0.257 e. The number of imide groups is 1. The number of carbonyl (C=O) groups is 2. The molecule has 0 aliphatic carbocycles. The number of hydrogen-bond donors (Lipinski definition) is 2. The molecule has 1 aromatic carbocycles. The van der Waals surface area contributed by atoms with Gasteiger partial charge in [0, 0.05) is 5.56 Å². The number of ether oxygens (including phenoxy) is 1. The van der Waals surface area contributed by atoms with E-state index in [1.54, 1.807) is 6.07 Å². The van der Waals surface area contributed by atoms with Crippen LogP contribution in [0.3, 0.4) is 0 Å². The predicted molar refractivity (Wildman–Crippen MR) is 73.8 cm³/mol. The molecule has 2 aliphatic rings. The first-order chi connectivity index (χ1) is 9.72. The largest absolute Gasteiger partial charge is 0.487 e. The molecule has 0 bridgehead atoms. The van der Waals surface area contributed by atoms with Crippen LogP contribution in [-0.2, 0) is 11.2 Å². The Labute approximate surface area is 117 Å². The minimum atomic E-state index is -0.370. The summed E-state index contributed by atoms with van der Waals surface area (Å²) in [7, 11) is 0. The number of fused-ring (bicyclic) bond motifs is 1. The van der Waals surface area contributed by atoms with Crippen molar-refractivity contribution in [2.45, 2.75) is 31.3 Å². The maximum absolute atomic E-state index is 11.6. The van der Waals surface area contributed by atoms with Crippen LogP contribution in [0.5, 0.6) is 5.75 Å². The second-order valence-corrected chi connectivity index (χ2v) is 5.45. The number of amides is 2. The van der Waals surface area contributed by atoms with Gasteiger partial charge in [0.05, 0.1) is 0 Å². The van der Waals surface area contributed by atoms with Gasteiger partial charge >= 0.3 is 0 Å². The Morgan fingerprint density at radius 2 is 2.10 bits per heavy atom. The lowest BCUT2D eigenvalue weighted by Gasteiger charge is -2.41. The molecular weight excluding hydrogens is 256 g/mol. The van der Waals surface area contributed by atoms with Gasteiger partial charge in [0.25, 0.3) is 5.91 Å². The molecule has 1 aromatic rings. The van der Waals surface area contributed by atoms with E-state index in [0.29, 0.717) is 12.0 Å². The van der Waals surface area contributed by atoms with Crippen LogP contribution < -0.4 is 15.4 Å². The minimum absolute atomic E-state index is 0.0369. The molecular formula is C15H18N2O3. The van der Waals surface area contributed by atoms with E-state index in [9.17, 15) is 9.59 Å². The van der Waals surface area contributed by atoms with Crippen molar-refractivity contribution >= 4 is 12.3 Å². The summed E-state index contributed by atoms with van der Waals surface area (Å²) in [5.41, 5.74) is 1.51. The lowest BCUT2D eigenvalue weighted by atomic mass is 9.83. The smallest absolute Gasteiger partial charge is 0.257 e. The average Bonchev–Trinajstić information content (AvgIpc) is 2.48. The highest BCUT2D eigenvalue weighted by atomic mass is 16.5. The lowest BCUT2D eigenvalue weighted by Crippen LogP contribution is -2.48. The van der Waals surface area contributed by atoms with Crippen LogP contribution in [0.4, 0.5) is 0 Å². The highest BCUT2D eigenvalue weighted by Crippen LogP contribution is 2.38. The Bertz CT molecular complexity index is 536. The molecule has 106 valence electrons. The first-order valence-electron chi connectivity index (χ1n) is 7.00. The molecule has 1 fully saturated rings. The first kappa shape index (κ1) is 13.1. The number of benzene rings is 1. The summed E-state index contributed by atoms with van der Waals surface area (Å²) in [6, 6.07) is 5.37. The van der Waals surface area contributed by atoms with Gasteiger partial charge in [-0.1, -0.05) is 0 Å². The highest BCUT2D eigenvalue weighted by Gasteiger charge is 2.37. The van der Waals surface area contributed by atoms with Crippen LogP contribution in [0.15, 0.2) is 18.2 Å². The van der Waals surface area contributed by atoms with Gasteiger partial charge in [0.15, 0.2) is 0 Å². The van der Waals surface area contributed by atoms with E-state index in [1.807, 2.05) is 12.1 Å². The van der Waals surface area contributed by atoms with Gasteiger partial charge in [-0.05, 0) is 62.5 Å². The molecule has 0 atom stereocenters. The zero-order valence-electron chi connectivity index (χ0n) is 11.3. The monoisotopic (exact) mass is 274 g/mol. The van der Waals surface area contributed by atoms with Crippen molar-refractivity contribution < 1.29 is 14.3 Å². The Morgan fingerprint density at radius 3 is 2.85 bits per heavy atom. The summed E-state index contributed by atoms with van der Waals surface area (Å²) in [6.07, 6.45) is 4.36. The number of aryl methyl sites for hydroxylation is 1. The number of carbonyl (C=O) groups excluding carboxylic acids is 2. The summed E-state index contributed by atoms with van der Waals surface area (Å²) >= 11 is 0. The number of piperidine rings is 1. The SMILES string of the molecule is O=CNC(=O)c1ccc2c(c1)CCC1(CCNCC1)O2. The molecule has 0 radical (unpaired) electrons. The average molecular weight is 274 g/mol. The Balaban J connectivity index is 1.81. The van der Waals surface area contributed by atoms with Gasteiger partial charge in [-0.15, -0.1) is 0 Å². The van der Waals surface area contributed by atoms with Gasteiger partial charge in [0.1, 0.15) is 11.4 Å². The standard InChI is InChI=1S/C15H18N2O3/c18-10-17-14(19)12-1-2-13-11(9-12)3-4-15(20-13)5-7-16-8-6-15/h1-2,9-10,16H,3-8H2,(H,17,18,19). The number of rotatable bonds is 2. The van der Waals surface area contributed by atoms with Crippen molar-refractivity contribution in [3.05, 3.63) is 29.3 Å². The van der Waals surface area contributed by atoms with Crippen molar-refractivity contribution in [2.24, 2.45) is 0 Å². The Kier molecular flexibility index (Phi) is 3.44. The summed E-state index contributed by atoms with van der Waals surface area (Å²) in [5, 5.41) is 5.51. The molecule has 5 nitrogen and oxygen atoms in total. The fraction of sp³-hybridized carbons (Fsp3) is 0.467. The van der Waals surface area contributed by atoms with Gasteiger partial charge in [-0.2, -0.15) is 0 Å². The third-order valence-corrected chi connectivity index (χ3v) is 4.20. The second-order valence-electron chi connectivity index (χ2n) is 5.45. The molecule has 1 saturated heterocycles. The molecule has 1 spiro atoms. The lowest BCUT2D eigenvalue weighted by molar-refractivity contribution is -0.108. The van der Waals surface area contributed by atoms with Crippen LogP contribution >= 0.6 is 0 Å². The van der Waals surface area contributed by atoms with E-state index in [0.717, 1.165) is 50.1 Å². The van der Waals surface area contributed by atoms with Crippen molar-refractivity contribution in [3.8, 4) is 5.75 Å². The van der Waals surface area contributed by atoms with Crippen molar-refractivity contribution in [1.29, 1.82) is 0 Å². The van der Waals surface area contributed by atoms with E-state index in [2.05, 4.69) is 10.6 Å². The van der Waals surface area contributed by atoms with E-state index in [4.69, 9.17) is 4.74 Å². The van der Waals surface area contributed by atoms with Crippen LogP contribution in [-0.4, -0.2) is 31.0 Å². The summed E-state index contributed by atoms with van der Waals surface area (Å²) in [5.74, 6) is 0.505. The molecule has 2 aliphatic heterocycles. The van der Waals surface area contributed by atoms with Crippen LogP contribution in [0.2, 0.25) is 0 Å². The summed E-state index contributed by atoms with van der Waals surface area (Å²) in [6.45, 7) is 1.99. The molecule has 2 heterocycles. The first-order valence-corrected chi connectivity index (χ1v) is 7.00. The maximum atomic E-state index is 11.6. The number of nitrogens with one attached hydrogen (secondary N) is 2. The quantitative estimate of drug-likeness (QED) is 0.790. The van der Waals surface area contributed by atoms with Crippen molar-refractivity contribution in [1.82, 2.24) is 10.6 Å². The normalized spacial score (nSPS) is 19.8. The zero-order chi connectivity index (χ0) is 14.0. The topological polar surface area (TPSA) is 67.4 Å². The minimum Gasteiger partial charge on any atom is -0.487 e. The summed E-state index contributed by atoms with van der Waals surface area (Å²) < 4.78 is 6.21. The molecule has 2 N–H and O–H groups in total. The van der Waals surface area contributed by atoms with E-state index >= 15 is 0 Å². The fourth-order valence-electron chi connectivity index (χ4n) is 3.03. The van der Waals surface area contributed by atoms with E-state index < -0.39 is 0 Å². The zero-order valence-corrected chi connectivity index (χ0v) is 11.3. The highest BCUT2D eigenvalue weighted by molar-refractivity contribution is 6.00. The second kappa shape index (κ2) is 5.25. The van der Waals surface area contributed by atoms with Crippen LogP contribution in [0.1, 0.15) is 35.2 Å². The fourth-order valence-corrected chi connectivity index (χ4v) is 3.03. The van der Waals surface area contributed by atoms with Gasteiger partial charge < -0.3 is 10.1 Å². The molecule has 0 unspecified atom stereocenters. The molecule has 5 heteroatoms. The van der Waals surface area contributed by atoms with Crippen molar-refractivity contribution in [2.75, 3.05) is 13.1 Å². The predicted octanol–water partition coefficient (Wildman–Crippen LogP) is 1.02. The van der Waals surface area contributed by atoms with Gasteiger partial charge in [0.2, 0.25) is 6.41 Å². The molecule has 20 heavy (non-hydrogen) atoms.